The number of dihydropyridines is 1. The number of ketones is 1. The lowest BCUT2D eigenvalue weighted by Crippen LogP contribution is -2.37. The van der Waals surface area contributed by atoms with E-state index >= 15 is 0 Å². The zero-order valence-electron chi connectivity index (χ0n) is 18.4. The van der Waals surface area contributed by atoms with Crippen LogP contribution in [-0.4, -0.2) is 11.7 Å². The van der Waals surface area contributed by atoms with Crippen LogP contribution in [0.15, 0.2) is 88.6 Å². The molecule has 0 saturated carbocycles. The summed E-state index contributed by atoms with van der Waals surface area (Å²) in [5.41, 5.74) is 3.27. The molecule has 1 aliphatic heterocycles. The standard InChI is InChI=1S/C27H22F2N2O2S/c1-15-24(27(33)31-20-5-2-4-19(29)14-20)25(16-7-9-18(28)10-8-16)26-21(30-15)12-17(13-22(26)32)23-6-3-11-34-23/h2-11,14,17,25,30H,12-13H2,1H3,(H,31,33)/t17-,25-/m1/s1. The number of anilines is 1. The van der Waals surface area contributed by atoms with Gasteiger partial charge in [0, 0.05) is 51.4 Å². The molecule has 5 rings (SSSR count). The van der Waals surface area contributed by atoms with Gasteiger partial charge in [0.25, 0.3) is 5.91 Å². The molecule has 172 valence electrons. The Labute approximate surface area is 200 Å². The number of Topliss-reactive ketones (excluding diaryl/α,β-unsaturated/α-hetero) is 1. The Balaban J connectivity index is 1.56. The number of hydrogen-bond donors (Lipinski definition) is 2. The lowest BCUT2D eigenvalue weighted by Gasteiger charge is -2.36. The lowest BCUT2D eigenvalue weighted by molar-refractivity contribution is -0.116. The van der Waals surface area contributed by atoms with E-state index in [9.17, 15) is 18.4 Å². The van der Waals surface area contributed by atoms with Gasteiger partial charge < -0.3 is 10.6 Å². The summed E-state index contributed by atoms with van der Waals surface area (Å²) in [6.45, 7) is 1.79. The largest absolute Gasteiger partial charge is 0.362 e. The maximum Gasteiger partial charge on any atom is 0.254 e. The molecule has 2 N–H and O–H groups in total. The Kier molecular flexibility index (Phi) is 5.87. The van der Waals surface area contributed by atoms with E-state index in [-0.39, 0.29) is 11.7 Å². The van der Waals surface area contributed by atoms with Crippen molar-refractivity contribution in [3.05, 3.63) is 111 Å². The van der Waals surface area contributed by atoms with Gasteiger partial charge in [0.15, 0.2) is 5.78 Å². The molecule has 0 saturated heterocycles. The van der Waals surface area contributed by atoms with Crippen LogP contribution in [-0.2, 0) is 9.59 Å². The predicted molar refractivity (Wildman–Crippen MR) is 128 cm³/mol. The van der Waals surface area contributed by atoms with Crippen LogP contribution in [0.3, 0.4) is 0 Å². The summed E-state index contributed by atoms with van der Waals surface area (Å²) in [6, 6.07) is 15.5. The van der Waals surface area contributed by atoms with E-state index < -0.39 is 23.5 Å². The van der Waals surface area contributed by atoms with Crippen molar-refractivity contribution in [1.82, 2.24) is 5.32 Å². The number of carbonyl (C=O) groups excluding carboxylic acids is 2. The maximum absolute atomic E-state index is 13.7. The first-order valence-corrected chi connectivity index (χ1v) is 11.9. The number of rotatable bonds is 4. The topological polar surface area (TPSA) is 58.2 Å². The molecule has 0 spiro atoms. The molecule has 1 aliphatic carbocycles. The normalized spacial score (nSPS) is 20.1. The van der Waals surface area contributed by atoms with Gasteiger partial charge in [0.2, 0.25) is 0 Å². The van der Waals surface area contributed by atoms with Crippen molar-refractivity contribution in [2.24, 2.45) is 0 Å². The van der Waals surface area contributed by atoms with E-state index in [0.717, 1.165) is 10.6 Å². The van der Waals surface area contributed by atoms with Crippen LogP contribution in [0.5, 0.6) is 0 Å². The number of nitrogens with one attached hydrogen (secondary N) is 2. The zero-order valence-corrected chi connectivity index (χ0v) is 19.2. The number of thiophene rings is 1. The third-order valence-electron chi connectivity index (χ3n) is 6.30. The average Bonchev–Trinajstić information content (AvgIpc) is 3.33. The van der Waals surface area contributed by atoms with Crippen molar-refractivity contribution in [2.75, 3.05) is 5.32 Å². The van der Waals surface area contributed by atoms with Crippen molar-refractivity contribution >= 4 is 28.7 Å². The molecular formula is C27H22F2N2O2S. The van der Waals surface area contributed by atoms with E-state index in [2.05, 4.69) is 10.6 Å². The van der Waals surface area contributed by atoms with Crippen LogP contribution >= 0.6 is 11.3 Å². The quantitative estimate of drug-likeness (QED) is 0.484. The first-order valence-electron chi connectivity index (χ1n) is 11.0. The number of carbonyl (C=O) groups is 2. The smallest absolute Gasteiger partial charge is 0.254 e. The van der Waals surface area contributed by atoms with E-state index in [1.54, 1.807) is 36.5 Å². The van der Waals surface area contributed by atoms with Crippen LogP contribution in [0, 0.1) is 11.6 Å². The fourth-order valence-corrected chi connectivity index (χ4v) is 5.65. The van der Waals surface area contributed by atoms with Crippen molar-refractivity contribution < 1.29 is 18.4 Å². The van der Waals surface area contributed by atoms with E-state index in [4.69, 9.17) is 0 Å². The number of amides is 1. The van der Waals surface area contributed by atoms with Crippen LogP contribution in [0.1, 0.15) is 42.0 Å². The Morgan fingerprint density at radius 2 is 1.82 bits per heavy atom. The predicted octanol–water partition coefficient (Wildman–Crippen LogP) is 6.03. The molecule has 0 unspecified atom stereocenters. The van der Waals surface area contributed by atoms with Crippen molar-refractivity contribution in [2.45, 2.75) is 31.6 Å². The van der Waals surface area contributed by atoms with Gasteiger partial charge in [0.1, 0.15) is 11.6 Å². The van der Waals surface area contributed by atoms with Crippen LogP contribution in [0.25, 0.3) is 0 Å². The van der Waals surface area contributed by atoms with Gasteiger partial charge in [-0.25, -0.2) is 8.78 Å². The highest BCUT2D eigenvalue weighted by molar-refractivity contribution is 7.10. The molecule has 2 aliphatic rings. The molecule has 1 amide bonds. The number of hydrogen-bond acceptors (Lipinski definition) is 4. The second kappa shape index (κ2) is 8.99. The summed E-state index contributed by atoms with van der Waals surface area (Å²) in [5.74, 6) is -1.92. The molecule has 2 aromatic carbocycles. The zero-order chi connectivity index (χ0) is 23.8. The van der Waals surface area contributed by atoms with Crippen LogP contribution in [0.2, 0.25) is 0 Å². The first kappa shape index (κ1) is 22.2. The number of halogens is 2. The van der Waals surface area contributed by atoms with Gasteiger partial charge >= 0.3 is 0 Å². The van der Waals surface area contributed by atoms with Crippen LogP contribution < -0.4 is 10.6 Å². The Morgan fingerprint density at radius 1 is 1.03 bits per heavy atom. The minimum atomic E-state index is -0.651. The lowest BCUT2D eigenvalue weighted by atomic mass is 9.72. The number of benzene rings is 2. The molecule has 34 heavy (non-hydrogen) atoms. The fraction of sp³-hybridized carbons (Fsp3) is 0.185. The minimum absolute atomic E-state index is 0.0370. The molecule has 2 heterocycles. The van der Waals surface area contributed by atoms with Crippen LogP contribution in [0.4, 0.5) is 14.5 Å². The van der Waals surface area contributed by atoms with Gasteiger partial charge in [-0.3, -0.25) is 9.59 Å². The minimum Gasteiger partial charge on any atom is -0.362 e. The highest BCUT2D eigenvalue weighted by atomic mass is 32.1. The van der Waals surface area contributed by atoms with E-state index in [0.29, 0.717) is 40.9 Å². The molecule has 7 heteroatoms. The van der Waals surface area contributed by atoms with E-state index in [1.165, 1.54) is 30.3 Å². The number of allylic oxidation sites excluding steroid dienone is 3. The Bertz CT molecular complexity index is 1330. The SMILES string of the molecule is CC1=C(C(=O)Nc2cccc(F)c2)[C@@H](c2ccc(F)cc2)C2=C(C[C@@H](c3cccs3)CC2=O)N1. The summed E-state index contributed by atoms with van der Waals surface area (Å²) in [7, 11) is 0. The molecular weight excluding hydrogens is 454 g/mol. The third kappa shape index (κ3) is 4.19. The molecule has 2 atom stereocenters. The van der Waals surface area contributed by atoms with Gasteiger partial charge in [0.05, 0.1) is 0 Å². The van der Waals surface area contributed by atoms with Gasteiger partial charge in [-0.15, -0.1) is 11.3 Å². The second-order valence-corrected chi connectivity index (χ2v) is 9.53. The fourth-order valence-electron chi connectivity index (χ4n) is 4.82. The maximum atomic E-state index is 13.7. The molecule has 0 fully saturated rings. The Hall–Kier alpha value is -3.58. The average molecular weight is 477 g/mol. The van der Waals surface area contributed by atoms with Crippen molar-refractivity contribution in [3.8, 4) is 0 Å². The summed E-state index contributed by atoms with van der Waals surface area (Å²) in [5, 5.41) is 8.07. The van der Waals surface area contributed by atoms with Gasteiger partial charge in [-0.2, -0.15) is 0 Å². The molecule has 0 radical (unpaired) electrons. The monoisotopic (exact) mass is 476 g/mol. The molecule has 3 aromatic rings. The summed E-state index contributed by atoms with van der Waals surface area (Å²) in [6.07, 6.45) is 0.992. The third-order valence-corrected chi connectivity index (χ3v) is 7.34. The first-order chi connectivity index (χ1) is 16.4. The van der Waals surface area contributed by atoms with Gasteiger partial charge in [-0.05, 0) is 60.7 Å². The van der Waals surface area contributed by atoms with Gasteiger partial charge in [-0.1, -0.05) is 24.3 Å². The van der Waals surface area contributed by atoms with Crippen molar-refractivity contribution in [3.63, 3.8) is 0 Å². The highest BCUT2D eigenvalue weighted by Crippen LogP contribution is 2.46. The van der Waals surface area contributed by atoms with E-state index in [1.807, 2.05) is 17.5 Å². The summed E-state index contributed by atoms with van der Waals surface area (Å²) in [4.78, 5) is 28.1. The second-order valence-electron chi connectivity index (χ2n) is 8.55. The Morgan fingerprint density at radius 3 is 2.53 bits per heavy atom. The summed E-state index contributed by atoms with van der Waals surface area (Å²) < 4.78 is 27.4. The van der Waals surface area contributed by atoms with Crippen molar-refractivity contribution in [1.29, 1.82) is 0 Å². The molecule has 4 nitrogen and oxygen atoms in total. The molecule has 0 bridgehead atoms. The highest BCUT2D eigenvalue weighted by Gasteiger charge is 2.41. The molecule has 1 aromatic heterocycles. The summed E-state index contributed by atoms with van der Waals surface area (Å²) >= 11 is 1.63.